The van der Waals surface area contributed by atoms with Gasteiger partial charge in [0, 0.05) is 44.5 Å². The van der Waals surface area contributed by atoms with E-state index in [1.807, 2.05) is 0 Å². The summed E-state index contributed by atoms with van der Waals surface area (Å²) >= 11 is 0. The van der Waals surface area contributed by atoms with Gasteiger partial charge in [0.25, 0.3) is 5.88 Å². The van der Waals surface area contributed by atoms with Crippen molar-refractivity contribution in [3.63, 3.8) is 0 Å². The fourth-order valence-corrected chi connectivity index (χ4v) is 2.15. The monoisotopic (exact) mass is 328 g/mol. The minimum atomic E-state index is -0.163. The van der Waals surface area contributed by atoms with Crippen molar-refractivity contribution in [3.8, 4) is 17.3 Å². The fraction of sp³-hybridized carbons (Fsp3) is 0.267. The SMILES string of the molecule is COc1cc(CCC(=O)Nc2cn(C)nc2-c2cnccn2)on1. The lowest BCUT2D eigenvalue weighted by molar-refractivity contribution is -0.116. The second kappa shape index (κ2) is 6.90. The van der Waals surface area contributed by atoms with Crippen molar-refractivity contribution in [3.05, 3.63) is 36.6 Å². The molecular formula is C15H16N6O3. The molecule has 0 atom stereocenters. The number of aryl methyl sites for hydroxylation is 2. The highest BCUT2D eigenvalue weighted by atomic mass is 16.5. The number of ether oxygens (including phenoxy) is 1. The Morgan fingerprint density at radius 2 is 2.29 bits per heavy atom. The second-order valence-electron chi connectivity index (χ2n) is 5.04. The van der Waals surface area contributed by atoms with E-state index < -0.39 is 0 Å². The van der Waals surface area contributed by atoms with Crippen molar-refractivity contribution in [1.82, 2.24) is 24.9 Å². The average Bonchev–Trinajstić information content (AvgIpc) is 3.20. The zero-order valence-corrected chi connectivity index (χ0v) is 13.3. The van der Waals surface area contributed by atoms with Crippen LogP contribution in [0.25, 0.3) is 11.4 Å². The van der Waals surface area contributed by atoms with E-state index in [4.69, 9.17) is 9.26 Å². The highest BCUT2D eigenvalue weighted by molar-refractivity contribution is 5.94. The molecule has 0 saturated heterocycles. The molecule has 9 nitrogen and oxygen atoms in total. The molecule has 1 amide bonds. The van der Waals surface area contributed by atoms with E-state index in [9.17, 15) is 4.79 Å². The Morgan fingerprint density at radius 1 is 1.42 bits per heavy atom. The van der Waals surface area contributed by atoms with Gasteiger partial charge in [-0.1, -0.05) is 0 Å². The lowest BCUT2D eigenvalue weighted by Crippen LogP contribution is -2.12. The maximum absolute atomic E-state index is 12.2. The van der Waals surface area contributed by atoms with Crippen LogP contribution in [-0.2, 0) is 18.3 Å². The number of methoxy groups -OCH3 is 1. The maximum atomic E-state index is 12.2. The Hall–Kier alpha value is -3.23. The minimum absolute atomic E-state index is 0.163. The normalized spacial score (nSPS) is 10.6. The van der Waals surface area contributed by atoms with E-state index >= 15 is 0 Å². The van der Waals surface area contributed by atoms with Crippen LogP contribution in [0.15, 0.2) is 35.4 Å². The van der Waals surface area contributed by atoms with E-state index in [0.717, 1.165) is 0 Å². The molecule has 24 heavy (non-hydrogen) atoms. The number of hydrogen-bond donors (Lipinski definition) is 1. The van der Waals surface area contributed by atoms with Gasteiger partial charge in [0.2, 0.25) is 5.91 Å². The molecule has 3 aromatic heterocycles. The smallest absolute Gasteiger partial charge is 0.254 e. The molecular weight excluding hydrogens is 312 g/mol. The lowest BCUT2D eigenvalue weighted by Gasteiger charge is -2.04. The Balaban J connectivity index is 1.66. The fourth-order valence-electron chi connectivity index (χ4n) is 2.15. The van der Waals surface area contributed by atoms with Crippen molar-refractivity contribution in [1.29, 1.82) is 0 Å². The van der Waals surface area contributed by atoms with Crippen molar-refractivity contribution in [2.24, 2.45) is 7.05 Å². The van der Waals surface area contributed by atoms with Gasteiger partial charge in [-0.05, 0) is 5.16 Å². The number of hydrogen-bond acceptors (Lipinski definition) is 7. The topological polar surface area (TPSA) is 108 Å². The molecule has 9 heteroatoms. The maximum Gasteiger partial charge on any atom is 0.254 e. The molecule has 0 unspecified atom stereocenters. The molecule has 3 aromatic rings. The molecule has 3 heterocycles. The van der Waals surface area contributed by atoms with Gasteiger partial charge >= 0.3 is 0 Å². The van der Waals surface area contributed by atoms with E-state index in [2.05, 4.69) is 25.5 Å². The third-order valence-electron chi connectivity index (χ3n) is 3.25. The standard InChI is InChI=1S/C15H16N6O3/c1-21-9-12(15(19-21)11-8-16-5-6-17-11)18-13(22)4-3-10-7-14(23-2)20-24-10/h5-9H,3-4H2,1-2H3,(H,18,22). The van der Waals surface area contributed by atoms with Crippen LogP contribution in [0.2, 0.25) is 0 Å². The van der Waals surface area contributed by atoms with Crippen LogP contribution in [0.4, 0.5) is 5.69 Å². The van der Waals surface area contributed by atoms with Gasteiger partial charge in [-0.15, -0.1) is 0 Å². The molecule has 0 bridgehead atoms. The zero-order valence-electron chi connectivity index (χ0n) is 13.3. The summed E-state index contributed by atoms with van der Waals surface area (Å²) in [6.07, 6.45) is 7.14. The number of nitrogens with zero attached hydrogens (tertiary/aromatic N) is 5. The van der Waals surface area contributed by atoms with E-state index in [-0.39, 0.29) is 12.3 Å². The molecule has 3 rings (SSSR count). The molecule has 0 spiro atoms. The molecule has 0 aliphatic rings. The Morgan fingerprint density at radius 3 is 3.00 bits per heavy atom. The highest BCUT2D eigenvalue weighted by Gasteiger charge is 2.15. The third-order valence-corrected chi connectivity index (χ3v) is 3.25. The summed E-state index contributed by atoms with van der Waals surface area (Å²) in [5, 5.41) is 10.9. The van der Waals surface area contributed by atoms with Gasteiger partial charge in [-0.2, -0.15) is 5.10 Å². The summed E-state index contributed by atoms with van der Waals surface area (Å²) in [6.45, 7) is 0. The van der Waals surface area contributed by atoms with Gasteiger partial charge < -0.3 is 14.6 Å². The quantitative estimate of drug-likeness (QED) is 0.729. The number of amides is 1. The number of nitrogens with one attached hydrogen (secondary N) is 1. The first-order valence-corrected chi connectivity index (χ1v) is 7.25. The predicted octanol–water partition coefficient (Wildman–Crippen LogP) is 1.44. The first-order valence-electron chi connectivity index (χ1n) is 7.25. The third kappa shape index (κ3) is 3.57. The first-order chi connectivity index (χ1) is 11.7. The molecule has 0 saturated carbocycles. The Labute approximate surface area is 137 Å². The summed E-state index contributed by atoms with van der Waals surface area (Å²) in [5.74, 6) is 0.813. The van der Waals surface area contributed by atoms with Gasteiger partial charge in [0.1, 0.15) is 17.1 Å². The second-order valence-corrected chi connectivity index (χ2v) is 5.04. The number of carbonyl (C=O) groups excluding carboxylic acids is 1. The molecule has 0 aliphatic carbocycles. The molecule has 0 fully saturated rings. The molecule has 124 valence electrons. The van der Waals surface area contributed by atoms with Crippen molar-refractivity contribution in [2.45, 2.75) is 12.8 Å². The summed E-state index contributed by atoms with van der Waals surface area (Å²) in [4.78, 5) is 20.4. The number of anilines is 1. The van der Waals surface area contributed by atoms with E-state index in [1.165, 1.54) is 7.11 Å². The van der Waals surface area contributed by atoms with Crippen molar-refractivity contribution < 1.29 is 14.1 Å². The van der Waals surface area contributed by atoms with Crippen LogP contribution in [0.3, 0.4) is 0 Å². The highest BCUT2D eigenvalue weighted by Crippen LogP contribution is 2.24. The van der Waals surface area contributed by atoms with Crippen LogP contribution >= 0.6 is 0 Å². The molecule has 0 aliphatic heterocycles. The summed E-state index contributed by atoms with van der Waals surface area (Å²) in [5.41, 5.74) is 1.74. The van der Waals surface area contributed by atoms with E-state index in [1.54, 1.807) is 42.6 Å². The average molecular weight is 328 g/mol. The van der Waals surface area contributed by atoms with Crippen molar-refractivity contribution in [2.75, 3.05) is 12.4 Å². The van der Waals surface area contributed by atoms with Crippen LogP contribution in [0.5, 0.6) is 5.88 Å². The Kier molecular flexibility index (Phi) is 4.50. The number of aromatic nitrogens is 5. The Bertz CT molecular complexity index is 827. The van der Waals surface area contributed by atoms with Crippen LogP contribution < -0.4 is 10.1 Å². The first kappa shape index (κ1) is 15.7. The van der Waals surface area contributed by atoms with Crippen molar-refractivity contribution >= 4 is 11.6 Å². The van der Waals surface area contributed by atoms with Gasteiger partial charge in [-0.3, -0.25) is 19.4 Å². The number of carbonyl (C=O) groups is 1. The van der Waals surface area contributed by atoms with Gasteiger partial charge in [0.15, 0.2) is 0 Å². The zero-order chi connectivity index (χ0) is 16.9. The summed E-state index contributed by atoms with van der Waals surface area (Å²) in [7, 11) is 3.28. The number of rotatable bonds is 6. The summed E-state index contributed by atoms with van der Waals surface area (Å²) < 4.78 is 11.6. The van der Waals surface area contributed by atoms with Gasteiger partial charge in [0.05, 0.1) is 19.0 Å². The van der Waals surface area contributed by atoms with Crippen LogP contribution in [-0.4, -0.2) is 37.9 Å². The largest absolute Gasteiger partial charge is 0.479 e. The van der Waals surface area contributed by atoms with E-state index in [0.29, 0.717) is 35.1 Å². The van der Waals surface area contributed by atoms with Crippen LogP contribution in [0, 0.1) is 0 Å². The molecule has 0 radical (unpaired) electrons. The molecule has 1 N–H and O–H groups in total. The van der Waals surface area contributed by atoms with Gasteiger partial charge in [-0.25, -0.2) is 0 Å². The van der Waals surface area contributed by atoms with Crippen LogP contribution in [0.1, 0.15) is 12.2 Å². The lowest BCUT2D eigenvalue weighted by atomic mass is 10.2. The summed E-state index contributed by atoms with van der Waals surface area (Å²) in [6, 6.07) is 1.66. The molecule has 0 aromatic carbocycles. The minimum Gasteiger partial charge on any atom is -0.479 e. The predicted molar refractivity (Wildman–Crippen MR) is 84.2 cm³/mol.